The zero-order chi connectivity index (χ0) is 13.5. The van der Waals surface area contributed by atoms with Crippen LogP contribution >= 0.6 is 0 Å². The van der Waals surface area contributed by atoms with Gasteiger partial charge in [-0.15, -0.1) is 0 Å². The number of amides is 1. The first-order chi connectivity index (χ1) is 8.56. The second-order valence-electron chi connectivity index (χ2n) is 4.10. The van der Waals surface area contributed by atoms with Gasteiger partial charge in [0.2, 0.25) is 5.91 Å². The molecule has 0 heterocycles. The number of carbonyl (C=O) groups excluding carboxylic acids is 1. The molecule has 0 aliphatic carbocycles. The van der Waals surface area contributed by atoms with E-state index in [4.69, 9.17) is 5.11 Å². The van der Waals surface area contributed by atoms with Crippen LogP contribution < -0.4 is 5.32 Å². The third kappa shape index (κ3) is 4.41. The maximum atomic E-state index is 13.3. The van der Waals surface area contributed by atoms with E-state index in [1.807, 2.05) is 6.92 Å². The van der Waals surface area contributed by atoms with E-state index in [2.05, 4.69) is 5.32 Å². The van der Waals surface area contributed by atoms with Gasteiger partial charge in [-0.1, -0.05) is 13.0 Å². The Kier molecular flexibility index (Phi) is 5.71. The van der Waals surface area contributed by atoms with Gasteiger partial charge in [-0.2, -0.15) is 0 Å². The molecule has 1 amide bonds. The standard InChI is InChI=1S/C13H17F2NO2/c1-2-11(5-6-17)16-13(18)7-9-3-4-10(14)8-12(9)15/h3-4,8,11,17H,2,5-7H2,1H3,(H,16,18). The minimum atomic E-state index is -0.722. The average molecular weight is 257 g/mol. The highest BCUT2D eigenvalue weighted by atomic mass is 19.1. The smallest absolute Gasteiger partial charge is 0.224 e. The number of rotatable bonds is 6. The lowest BCUT2D eigenvalue weighted by atomic mass is 10.1. The van der Waals surface area contributed by atoms with E-state index in [0.29, 0.717) is 12.8 Å². The molecule has 5 heteroatoms. The molecule has 2 N–H and O–H groups in total. The van der Waals surface area contributed by atoms with Crippen molar-refractivity contribution in [1.29, 1.82) is 0 Å². The van der Waals surface area contributed by atoms with E-state index in [-0.39, 0.29) is 30.5 Å². The van der Waals surface area contributed by atoms with Crippen molar-refractivity contribution in [2.45, 2.75) is 32.2 Å². The molecule has 0 radical (unpaired) electrons. The molecule has 3 nitrogen and oxygen atoms in total. The van der Waals surface area contributed by atoms with Gasteiger partial charge in [-0.3, -0.25) is 4.79 Å². The van der Waals surface area contributed by atoms with E-state index >= 15 is 0 Å². The second-order valence-corrected chi connectivity index (χ2v) is 4.10. The first-order valence-electron chi connectivity index (χ1n) is 5.91. The molecule has 0 saturated heterocycles. The minimum absolute atomic E-state index is 0.0102. The summed E-state index contributed by atoms with van der Waals surface area (Å²) in [6.07, 6.45) is 1.03. The zero-order valence-electron chi connectivity index (χ0n) is 10.2. The summed E-state index contributed by atoms with van der Waals surface area (Å²) < 4.78 is 26.0. The van der Waals surface area contributed by atoms with Crippen molar-refractivity contribution < 1.29 is 18.7 Å². The molecule has 0 aliphatic rings. The quantitative estimate of drug-likeness (QED) is 0.816. The number of benzene rings is 1. The molecule has 1 aromatic carbocycles. The first-order valence-corrected chi connectivity index (χ1v) is 5.91. The van der Waals surface area contributed by atoms with E-state index in [1.54, 1.807) is 0 Å². The lowest BCUT2D eigenvalue weighted by Gasteiger charge is -2.15. The molecule has 1 aromatic rings. The Morgan fingerprint density at radius 1 is 1.44 bits per heavy atom. The van der Waals surface area contributed by atoms with Crippen LogP contribution in [0, 0.1) is 11.6 Å². The molecule has 0 aromatic heterocycles. The fraction of sp³-hybridized carbons (Fsp3) is 0.462. The highest BCUT2D eigenvalue weighted by molar-refractivity contribution is 5.78. The molecular weight excluding hydrogens is 240 g/mol. The maximum absolute atomic E-state index is 13.3. The van der Waals surface area contributed by atoms with Crippen molar-refractivity contribution in [2.24, 2.45) is 0 Å². The third-order valence-electron chi connectivity index (χ3n) is 2.70. The molecule has 0 saturated carbocycles. The lowest BCUT2D eigenvalue weighted by Crippen LogP contribution is -2.36. The number of hydrogen-bond acceptors (Lipinski definition) is 2. The van der Waals surface area contributed by atoms with E-state index in [0.717, 1.165) is 12.1 Å². The van der Waals surface area contributed by atoms with Gasteiger partial charge in [-0.05, 0) is 24.5 Å². The van der Waals surface area contributed by atoms with E-state index in [9.17, 15) is 13.6 Å². The number of halogens is 2. The second kappa shape index (κ2) is 7.06. The summed E-state index contributed by atoms with van der Waals surface area (Å²) in [5.41, 5.74) is 0.160. The fourth-order valence-corrected chi connectivity index (χ4v) is 1.65. The van der Waals surface area contributed by atoms with Crippen LogP contribution in [0.3, 0.4) is 0 Å². The number of carbonyl (C=O) groups is 1. The molecule has 0 spiro atoms. The lowest BCUT2D eigenvalue weighted by molar-refractivity contribution is -0.121. The summed E-state index contributed by atoms with van der Waals surface area (Å²) in [6.45, 7) is 1.88. The van der Waals surface area contributed by atoms with Gasteiger partial charge in [0.15, 0.2) is 0 Å². The van der Waals surface area contributed by atoms with Crippen molar-refractivity contribution in [3.63, 3.8) is 0 Å². The van der Waals surface area contributed by atoms with Crippen molar-refractivity contribution >= 4 is 5.91 Å². The van der Waals surface area contributed by atoms with Crippen LogP contribution in [0.25, 0.3) is 0 Å². The van der Waals surface area contributed by atoms with Gasteiger partial charge < -0.3 is 10.4 Å². The summed E-state index contributed by atoms with van der Waals surface area (Å²) in [5.74, 6) is -1.72. The Hall–Kier alpha value is -1.49. The van der Waals surface area contributed by atoms with E-state index in [1.165, 1.54) is 6.07 Å². The predicted octanol–water partition coefficient (Wildman–Crippen LogP) is 1.78. The van der Waals surface area contributed by atoms with Crippen LogP contribution in [0.5, 0.6) is 0 Å². The highest BCUT2D eigenvalue weighted by Gasteiger charge is 2.12. The van der Waals surface area contributed by atoms with Crippen molar-refractivity contribution in [3.8, 4) is 0 Å². The van der Waals surface area contributed by atoms with Crippen LogP contribution in [0.1, 0.15) is 25.3 Å². The van der Waals surface area contributed by atoms with Crippen LogP contribution in [-0.4, -0.2) is 23.7 Å². The van der Waals surface area contributed by atoms with Crippen LogP contribution in [0.15, 0.2) is 18.2 Å². The monoisotopic (exact) mass is 257 g/mol. The molecule has 1 unspecified atom stereocenters. The van der Waals surface area contributed by atoms with Crippen LogP contribution in [0.2, 0.25) is 0 Å². The maximum Gasteiger partial charge on any atom is 0.224 e. The molecule has 0 aliphatic heterocycles. The van der Waals surface area contributed by atoms with Crippen molar-refractivity contribution in [3.05, 3.63) is 35.4 Å². The summed E-state index contributed by atoms with van der Waals surface area (Å²) in [6, 6.07) is 3.02. The largest absolute Gasteiger partial charge is 0.396 e. The average Bonchev–Trinajstić information content (AvgIpc) is 2.32. The Balaban J connectivity index is 2.58. The minimum Gasteiger partial charge on any atom is -0.396 e. The number of hydrogen-bond donors (Lipinski definition) is 2. The Morgan fingerprint density at radius 3 is 2.72 bits per heavy atom. The normalized spacial score (nSPS) is 12.2. The topological polar surface area (TPSA) is 49.3 Å². The van der Waals surface area contributed by atoms with Gasteiger partial charge in [0.25, 0.3) is 0 Å². The third-order valence-corrected chi connectivity index (χ3v) is 2.70. The summed E-state index contributed by atoms with van der Waals surface area (Å²) in [4.78, 5) is 11.6. The van der Waals surface area contributed by atoms with Crippen molar-refractivity contribution in [2.75, 3.05) is 6.61 Å². The molecule has 18 heavy (non-hydrogen) atoms. The summed E-state index contributed by atoms with van der Waals surface area (Å²) in [5, 5.41) is 11.5. The first kappa shape index (κ1) is 14.6. The number of aliphatic hydroxyl groups is 1. The predicted molar refractivity (Wildman–Crippen MR) is 64.0 cm³/mol. The molecule has 1 rings (SSSR count). The molecular formula is C13H17F2NO2. The molecule has 0 fully saturated rings. The number of nitrogens with one attached hydrogen (secondary N) is 1. The Labute approximate surface area is 105 Å². The fourth-order valence-electron chi connectivity index (χ4n) is 1.65. The van der Waals surface area contributed by atoms with Crippen LogP contribution in [-0.2, 0) is 11.2 Å². The Morgan fingerprint density at radius 2 is 2.17 bits per heavy atom. The zero-order valence-corrected chi connectivity index (χ0v) is 10.2. The molecule has 0 bridgehead atoms. The van der Waals surface area contributed by atoms with E-state index < -0.39 is 11.6 Å². The van der Waals surface area contributed by atoms with Gasteiger partial charge in [0, 0.05) is 18.7 Å². The summed E-state index contributed by atoms with van der Waals surface area (Å²) >= 11 is 0. The Bertz CT molecular complexity index is 410. The van der Waals surface area contributed by atoms with Gasteiger partial charge in [0.05, 0.1) is 6.42 Å². The van der Waals surface area contributed by atoms with Gasteiger partial charge in [-0.25, -0.2) is 8.78 Å². The molecule has 100 valence electrons. The number of aliphatic hydroxyl groups excluding tert-OH is 1. The molecule has 1 atom stereocenters. The van der Waals surface area contributed by atoms with Crippen LogP contribution in [0.4, 0.5) is 8.78 Å². The van der Waals surface area contributed by atoms with Gasteiger partial charge >= 0.3 is 0 Å². The van der Waals surface area contributed by atoms with Gasteiger partial charge in [0.1, 0.15) is 11.6 Å². The summed E-state index contributed by atoms with van der Waals surface area (Å²) in [7, 11) is 0. The highest BCUT2D eigenvalue weighted by Crippen LogP contribution is 2.10. The SMILES string of the molecule is CCC(CCO)NC(=O)Cc1ccc(F)cc1F. The van der Waals surface area contributed by atoms with Crippen molar-refractivity contribution in [1.82, 2.24) is 5.32 Å².